The third kappa shape index (κ3) is 3.20. The molecule has 4 nitrogen and oxygen atoms in total. The van der Waals surface area contributed by atoms with E-state index in [1.54, 1.807) is 0 Å². The summed E-state index contributed by atoms with van der Waals surface area (Å²) in [4.78, 5) is 11.4. The van der Waals surface area contributed by atoms with Gasteiger partial charge in [-0.05, 0) is 18.1 Å². The Balaban J connectivity index is 1.75. The van der Waals surface area contributed by atoms with Crippen LogP contribution < -0.4 is 10.1 Å². The number of rotatable bonds is 5. The van der Waals surface area contributed by atoms with Gasteiger partial charge in [0.1, 0.15) is 11.9 Å². The van der Waals surface area contributed by atoms with Gasteiger partial charge in [-0.15, -0.1) is 0 Å². The van der Waals surface area contributed by atoms with Gasteiger partial charge in [0.15, 0.2) is 0 Å². The van der Waals surface area contributed by atoms with Gasteiger partial charge in [-0.2, -0.15) is 0 Å². The van der Waals surface area contributed by atoms with E-state index in [0.29, 0.717) is 19.4 Å². The fourth-order valence-corrected chi connectivity index (χ4v) is 1.92. The predicted octanol–water partition coefficient (Wildman–Crippen LogP) is 0.879. The number of carbonyl (C=O) groups excluding carboxylic acids is 1. The Labute approximate surface area is 101 Å². The highest BCUT2D eigenvalue weighted by atomic mass is 16.5. The summed E-state index contributed by atoms with van der Waals surface area (Å²) >= 11 is 0. The van der Waals surface area contributed by atoms with Crippen molar-refractivity contribution < 1.29 is 14.6 Å². The van der Waals surface area contributed by atoms with Crippen LogP contribution >= 0.6 is 0 Å². The summed E-state index contributed by atoms with van der Waals surface area (Å²) in [6, 6.07) is 7.93. The second-order valence-corrected chi connectivity index (χ2v) is 4.18. The third-order valence-corrected chi connectivity index (χ3v) is 2.80. The monoisotopic (exact) mass is 235 g/mol. The molecule has 0 spiro atoms. The zero-order chi connectivity index (χ0) is 12.1. The number of ether oxygens (including phenoxy) is 1. The van der Waals surface area contributed by atoms with Crippen molar-refractivity contribution in [2.75, 3.05) is 13.2 Å². The van der Waals surface area contributed by atoms with E-state index in [1.807, 2.05) is 24.3 Å². The predicted molar refractivity (Wildman–Crippen MR) is 63.9 cm³/mol. The second kappa shape index (κ2) is 5.68. The first-order valence-corrected chi connectivity index (χ1v) is 5.91. The maximum atomic E-state index is 11.4. The molecular formula is C13H17NO3. The first kappa shape index (κ1) is 11.9. The molecule has 1 aliphatic heterocycles. The highest BCUT2D eigenvalue weighted by molar-refractivity contribution is 5.75. The Morgan fingerprint density at radius 3 is 3.06 bits per heavy atom. The minimum Gasteiger partial charge on any atom is -0.488 e. The zero-order valence-corrected chi connectivity index (χ0v) is 9.69. The van der Waals surface area contributed by atoms with Crippen LogP contribution in [-0.4, -0.2) is 30.3 Å². The fourth-order valence-electron chi connectivity index (χ4n) is 1.92. The van der Waals surface area contributed by atoms with E-state index in [-0.39, 0.29) is 18.6 Å². The zero-order valence-electron chi connectivity index (χ0n) is 9.69. The number of benzene rings is 1. The van der Waals surface area contributed by atoms with Gasteiger partial charge in [0, 0.05) is 19.4 Å². The van der Waals surface area contributed by atoms with E-state index in [9.17, 15) is 4.79 Å². The largest absolute Gasteiger partial charge is 0.488 e. The Bertz CT molecular complexity index is 367. The molecular weight excluding hydrogens is 218 g/mol. The Morgan fingerprint density at radius 1 is 1.47 bits per heavy atom. The molecule has 1 atom stereocenters. The molecule has 1 heterocycles. The Morgan fingerprint density at radius 2 is 2.29 bits per heavy atom. The lowest BCUT2D eigenvalue weighted by atomic mass is 10.1. The highest BCUT2D eigenvalue weighted by Gasteiger charge is 2.22. The van der Waals surface area contributed by atoms with Crippen molar-refractivity contribution in [3.05, 3.63) is 29.8 Å². The van der Waals surface area contributed by atoms with Crippen molar-refractivity contribution in [3.8, 4) is 5.75 Å². The van der Waals surface area contributed by atoms with Crippen LogP contribution in [0, 0.1) is 0 Å². The molecule has 0 fully saturated rings. The molecule has 0 saturated carbocycles. The van der Waals surface area contributed by atoms with E-state index >= 15 is 0 Å². The average Bonchev–Trinajstić information content (AvgIpc) is 2.76. The lowest BCUT2D eigenvalue weighted by molar-refractivity contribution is -0.121. The van der Waals surface area contributed by atoms with Gasteiger partial charge in [-0.1, -0.05) is 18.2 Å². The Kier molecular flexibility index (Phi) is 3.98. The summed E-state index contributed by atoms with van der Waals surface area (Å²) in [5.74, 6) is 0.890. The van der Waals surface area contributed by atoms with Gasteiger partial charge in [0.05, 0.1) is 6.54 Å². The summed E-state index contributed by atoms with van der Waals surface area (Å²) in [5, 5.41) is 11.4. The average molecular weight is 235 g/mol. The smallest absolute Gasteiger partial charge is 0.220 e. The molecule has 0 aromatic heterocycles. The summed E-state index contributed by atoms with van der Waals surface area (Å²) in [6.07, 6.45) is 1.76. The van der Waals surface area contributed by atoms with E-state index in [2.05, 4.69) is 5.32 Å². The molecule has 4 heteroatoms. The molecule has 17 heavy (non-hydrogen) atoms. The molecule has 2 N–H and O–H groups in total. The lowest BCUT2D eigenvalue weighted by Crippen LogP contribution is -2.34. The molecule has 1 amide bonds. The number of hydrogen-bond donors (Lipinski definition) is 2. The quantitative estimate of drug-likeness (QED) is 0.796. The number of para-hydroxylation sites is 1. The van der Waals surface area contributed by atoms with Crippen LogP contribution in [0.4, 0.5) is 0 Å². The van der Waals surface area contributed by atoms with Crippen molar-refractivity contribution in [2.24, 2.45) is 0 Å². The van der Waals surface area contributed by atoms with Crippen LogP contribution in [0.1, 0.15) is 18.4 Å². The lowest BCUT2D eigenvalue weighted by Gasteiger charge is -2.11. The van der Waals surface area contributed by atoms with Gasteiger partial charge in [0.25, 0.3) is 0 Å². The van der Waals surface area contributed by atoms with E-state index < -0.39 is 0 Å². The molecule has 2 rings (SSSR count). The van der Waals surface area contributed by atoms with Crippen molar-refractivity contribution in [1.82, 2.24) is 5.32 Å². The van der Waals surface area contributed by atoms with Crippen LogP contribution in [0.25, 0.3) is 0 Å². The first-order chi connectivity index (χ1) is 8.29. The van der Waals surface area contributed by atoms with Crippen molar-refractivity contribution in [3.63, 3.8) is 0 Å². The van der Waals surface area contributed by atoms with E-state index in [4.69, 9.17) is 9.84 Å². The molecule has 1 aliphatic rings. The normalized spacial score (nSPS) is 17.4. The maximum absolute atomic E-state index is 11.4. The van der Waals surface area contributed by atoms with Crippen LogP contribution in [0.3, 0.4) is 0 Å². The topological polar surface area (TPSA) is 58.6 Å². The third-order valence-electron chi connectivity index (χ3n) is 2.80. The van der Waals surface area contributed by atoms with Gasteiger partial charge < -0.3 is 15.2 Å². The maximum Gasteiger partial charge on any atom is 0.220 e. The highest BCUT2D eigenvalue weighted by Crippen LogP contribution is 2.27. The van der Waals surface area contributed by atoms with E-state index in [0.717, 1.165) is 12.2 Å². The van der Waals surface area contributed by atoms with Crippen LogP contribution in [0.2, 0.25) is 0 Å². The number of hydrogen-bond acceptors (Lipinski definition) is 3. The molecule has 0 bridgehead atoms. The van der Waals surface area contributed by atoms with Crippen molar-refractivity contribution in [1.29, 1.82) is 0 Å². The molecule has 1 unspecified atom stereocenters. The number of aliphatic hydroxyl groups is 1. The first-order valence-electron chi connectivity index (χ1n) is 5.91. The number of carbonyl (C=O) groups is 1. The summed E-state index contributed by atoms with van der Waals surface area (Å²) < 4.78 is 5.70. The number of aliphatic hydroxyl groups excluding tert-OH is 1. The number of amides is 1. The van der Waals surface area contributed by atoms with Crippen LogP contribution in [-0.2, 0) is 11.2 Å². The summed E-state index contributed by atoms with van der Waals surface area (Å²) in [5.41, 5.74) is 1.20. The summed E-state index contributed by atoms with van der Waals surface area (Å²) in [7, 11) is 0. The summed E-state index contributed by atoms with van der Waals surface area (Å²) in [6.45, 7) is 0.581. The van der Waals surface area contributed by atoms with Crippen LogP contribution in [0.5, 0.6) is 5.75 Å². The minimum atomic E-state index is -0.0291. The molecule has 0 radical (unpaired) electrons. The SMILES string of the molecule is O=C(CCCO)NCC1Cc2ccccc2O1. The number of fused-ring (bicyclic) bond motifs is 1. The molecule has 0 saturated heterocycles. The van der Waals surface area contributed by atoms with Gasteiger partial charge in [-0.3, -0.25) is 4.79 Å². The van der Waals surface area contributed by atoms with Gasteiger partial charge in [0.2, 0.25) is 5.91 Å². The van der Waals surface area contributed by atoms with Gasteiger partial charge in [-0.25, -0.2) is 0 Å². The molecule has 92 valence electrons. The van der Waals surface area contributed by atoms with Crippen molar-refractivity contribution >= 4 is 5.91 Å². The number of nitrogens with one attached hydrogen (secondary N) is 1. The second-order valence-electron chi connectivity index (χ2n) is 4.18. The minimum absolute atomic E-state index is 0.0291. The molecule has 0 aliphatic carbocycles. The van der Waals surface area contributed by atoms with Crippen molar-refractivity contribution in [2.45, 2.75) is 25.4 Å². The van der Waals surface area contributed by atoms with Crippen LogP contribution in [0.15, 0.2) is 24.3 Å². The molecule has 1 aromatic carbocycles. The standard InChI is InChI=1S/C13H17NO3/c15-7-3-6-13(16)14-9-11-8-10-4-1-2-5-12(10)17-11/h1-2,4-5,11,15H,3,6-9H2,(H,14,16). The molecule has 1 aromatic rings. The fraction of sp³-hybridized carbons (Fsp3) is 0.462. The Hall–Kier alpha value is -1.55. The van der Waals surface area contributed by atoms with E-state index in [1.165, 1.54) is 5.56 Å². The van der Waals surface area contributed by atoms with Gasteiger partial charge >= 0.3 is 0 Å².